The summed E-state index contributed by atoms with van der Waals surface area (Å²) in [6.07, 6.45) is 3.01. The predicted molar refractivity (Wildman–Crippen MR) is 111 cm³/mol. The molecule has 1 aliphatic heterocycles. The molecule has 1 spiro atoms. The lowest BCUT2D eigenvalue weighted by Gasteiger charge is -2.33. The highest BCUT2D eigenvalue weighted by atomic mass is 35.5. The van der Waals surface area contributed by atoms with E-state index >= 15 is 0 Å². The van der Waals surface area contributed by atoms with Crippen LogP contribution in [0.4, 0.5) is 18.9 Å². The molecule has 170 valence electrons. The second-order valence-corrected chi connectivity index (χ2v) is 11.3. The largest absolute Gasteiger partial charge is 0.370 e. The minimum absolute atomic E-state index is 0.00257. The van der Waals surface area contributed by atoms with Crippen LogP contribution in [0.1, 0.15) is 36.0 Å². The first-order valence-electron chi connectivity index (χ1n) is 10.2. The number of fused-ring (bicyclic) bond motifs is 2. The highest BCUT2D eigenvalue weighted by Gasteiger charge is 2.60. The number of carbonyl (C=O) groups is 1. The number of amides is 1. The number of sulfone groups is 1. The van der Waals surface area contributed by atoms with Crippen molar-refractivity contribution in [2.45, 2.75) is 41.4 Å². The van der Waals surface area contributed by atoms with E-state index in [2.05, 4.69) is 5.32 Å². The molecule has 3 fully saturated rings. The highest BCUT2D eigenvalue weighted by Crippen LogP contribution is 2.56. The van der Waals surface area contributed by atoms with Gasteiger partial charge in [0.2, 0.25) is 0 Å². The van der Waals surface area contributed by atoms with E-state index in [-0.39, 0.29) is 38.6 Å². The molecule has 2 saturated carbocycles. The molecule has 1 saturated heterocycles. The molecule has 3 unspecified atom stereocenters. The van der Waals surface area contributed by atoms with Gasteiger partial charge in [-0.25, -0.2) is 21.6 Å². The Bertz CT molecular complexity index is 1190. The van der Waals surface area contributed by atoms with Crippen LogP contribution in [0.2, 0.25) is 5.02 Å². The zero-order valence-corrected chi connectivity index (χ0v) is 18.3. The van der Waals surface area contributed by atoms with E-state index < -0.39 is 38.4 Å². The average molecular weight is 486 g/mol. The topological polar surface area (TPSA) is 75.8 Å². The van der Waals surface area contributed by atoms with Gasteiger partial charge in [-0.15, -0.1) is 0 Å². The Morgan fingerprint density at radius 2 is 1.66 bits per heavy atom. The predicted octanol–water partition coefficient (Wildman–Crippen LogP) is 4.74. The van der Waals surface area contributed by atoms with Crippen molar-refractivity contribution in [2.24, 2.45) is 11.8 Å². The summed E-state index contributed by atoms with van der Waals surface area (Å²) < 4.78 is 72.7. The van der Waals surface area contributed by atoms with Crippen LogP contribution in [0, 0.1) is 29.3 Å². The van der Waals surface area contributed by atoms with Gasteiger partial charge in [0.15, 0.2) is 27.3 Å². The molecule has 1 heterocycles. The van der Waals surface area contributed by atoms with Crippen LogP contribution in [-0.2, 0) is 14.6 Å². The summed E-state index contributed by atoms with van der Waals surface area (Å²) in [4.78, 5) is 12.5. The molecule has 4 atom stereocenters. The number of halogens is 4. The first-order valence-corrected chi connectivity index (χ1v) is 12.2. The van der Waals surface area contributed by atoms with Crippen molar-refractivity contribution in [1.82, 2.24) is 0 Å². The molecule has 3 aliphatic rings. The maximum atomic E-state index is 13.6. The van der Waals surface area contributed by atoms with E-state index in [1.807, 2.05) is 0 Å². The number of nitrogens with one attached hydrogen (secondary N) is 1. The van der Waals surface area contributed by atoms with Gasteiger partial charge in [0.25, 0.3) is 5.91 Å². The van der Waals surface area contributed by atoms with Gasteiger partial charge >= 0.3 is 0 Å². The average Bonchev–Trinajstić information content (AvgIpc) is 3.40. The Morgan fingerprint density at radius 3 is 2.22 bits per heavy atom. The van der Waals surface area contributed by atoms with Gasteiger partial charge in [0.05, 0.1) is 27.4 Å². The van der Waals surface area contributed by atoms with Crippen molar-refractivity contribution in [3.8, 4) is 0 Å². The van der Waals surface area contributed by atoms with Gasteiger partial charge < -0.3 is 10.1 Å². The van der Waals surface area contributed by atoms with Crippen LogP contribution in [0.5, 0.6) is 0 Å². The summed E-state index contributed by atoms with van der Waals surface area (Å²) in [5.41, 5.74) is -0.516. The van der Waals surface area contributed by atoms with Crippen LogP contribution >= 0.6 is 11.6 Å². The number of rotatable bonds is 4. The number of anilines is 1. The Morgan fingerprint density at radius 1 is 1.06 bits per heavy atom. The molecule has 10 heteroatoms. The number of hydrogen-bond donors (Lipinski definition) is 1. The third-order valence-corrected chi connectivity index (χ3v) is 9.64. The van der Waals surface area contributed by atoms with Crippen molar-refractivity contribution in [2.75, 3.05) is 11.9 Å². The van der Waals surface area contributed by atoms with Crippen LogP contribution in [-0.4, -0.2) is 31.8 Å². The van der Waals surface area contributed by atoms with Gasteiger partial charge in [-0.05, 0) is 55.7 Å². The Labute approximate surface area is 187 Å². The number of hydrogen-bond acceptors (Lipinski definition) is 4. The second kappa shape index (κ2) is 7.46. The normalized spacial score (nSPS) is 28.7. The second-order valence-electron chi connectivity index (χ2n) is 8.84. The van der Waals surface area contributed by atoms with Crippen LogP contribution in [0.15, 0.2) is 35.2 Å². The lowest BCUT2D eigenvalue weighted by molar-refractivity contribution is 0.102. The fraction of sp³-hybridized carbons (Fsp3) is 0.409. The minimum Gasteiger partial charge on any atom is -0.370 e. The molecular formula is C22H19ClF3NO4S. The van der Waals surface area contributed by atoms with Crippen molar-refractivity contribution in [1.29, 1.82) is 0 Å². The molecule has 5 rings (SSSR count). The molecular weight excluding hydrogens is 467 g/mol. The highest BCUT2D eigenvalue weighted by molar-refractivity contribution is 7.92. The molecule has 2 aliphatic carbocycles. The van der Waals surface area contributed by atoms with Crippen molar-refractivity contribution >= 4 is 33.0 Å². The van der Waals surface area contributed by atoms with Gasteiger partial charge in [-0.1, -0.05) is 11.6 Å². The lowest BCUT2D eigenvalue weighted by Crippen LogP contribution is -2.40. The van der Waals surface area contributed by atoms with Crippen LogP contribution < -0.4 is 5.32 Å². The molecule has 0 radical (unpaired) electrons. The zero-order chi connectivity index (χ0) is 22.8. The monoisotopic (exact) mass is 485 g/mol. The Kier molecular flexibility index (Phi) is 5.07. The van der Waals surface area contributed by atoms with Gasteiger partial charge in [-0.2, -0.15) is 0 Å². The standard InChI is InChI=1S/C22H19ClF3NO4S/c23-15-4-3-11(21(28)27-14-6-16(24)19(26)17(25)7-14)5-18(15)32(29,30)20-12-1-2-13(20)9-22(8-12)10-31-22/h3-7,12-13,20H,1-2,8-10H2,(H,27,28)/t12-,13?,20?,22?/m0/s1. The van der Waals surface area contributed by atoms with E-state index in [9.17, 15) is 26.4 Å². The molecule has 2 bridgehead atoms. The van der Waals surface area contributed by atoms with Gasteiger partial charge in [0.1, 0.15) is 0 Å². The van der Waals surface area contributed by atoms with E-state index in [4.69, 9.17) is 16.3 Å². The first kappa shape index (κ1) is 21.7. The van der Waals surface area contributed by atoms with Gasteiger partial charge in [-0.3, -0.25) is 4.79 Å². The number of epoxide rings is 1. The smallest absolute Gasteiger partial charge is 0.255 e. The zero-order valence-electron chi connectivity index (χ0n) is 16.7. The maximum Gasteiger partial charge on any atom is 0.255 e. The molecule has 0 aromatic heterocycles. The quantitative estimate of drug-likeness (QED) is 0.501. The van der Waals surface area contributed by atoms with Crippen LogP contribution in [0.3, 0.4) is 0 Å². The molecule has 32 heavy (non-hydrogen) atoms. The Hall–Kier alpha value is -2.10. The molecule has 2 aromatic carbocycles. The summed E-state index contributed by atoms with van der Waals surface area (Å²) in [5, 5.41) is 1.67. The summed E-state index contributed by atoms with van der Waals surface area (Å²) in [5.74, 6) is -5.42. The van der Waals surface area contributed by atoms with E-state index in [0.717, 1.165) is 12.8 Å². The van der Waals surface area contributed by atoms with Crippen molar-refractivity contribution in [3.05, 3.63) is 58.4 Å². The third-order valence-electron chi connectivity index (χ3n) is 6.76. The summed E-state index contributed by atoms with van der Waals surface area (Å²) in [6, 6.07) is 5.08. The van der Waals surface area contributed by atoms with E-state index in [0.29, 0.717) is 31.6 Å². The number of benzene rings is 2. The van der Waals surface area contributed by atoms with Crippen LogP contribution in [0.25, 0.3) is 0 Å². The molecule has 5 nitrogen and oxygen atoms in total. The Balaban J connectivity index is 1.43. The molecule has 1 amide bonds. The summed E-state index contributed by atoms with van der Waals surface area (Å²) in [6.45, 7) is 0.674. The SMILES string of the molecule is O=C(Nc1cc(F)c(F)c(F)c1)c1ccc(Cl)c(S(=O)(=O)C2C3CC[C@H]2CC2(CO2)C3)c1. The van der Waals surface area contributed by atoms with Crippen molar-refractivity contribution in [3.63, 3.8) is 0 Å². The fourth-order valence-corrected chi connectivity index (χ4v) is 8.14. The van der Waals surface area contributed by atoms with E-state index in [1.54, 1.807) is 0 Å². The first-order chi connectivity index (χ1) is 15.1. The van der Waals surface area contributed by atoms with Crippen molar-refractivity contribution < 1.29 is 31.1 Å². The maximum absolute atomic E-state index is 13.6. The number of carbonyl (C=O) groups excluding carboxylic acids is 1. The summed E-state index contributed by atoms with van der Waals surface area (Å²) >= 11 is 6.23. The number of ether oxygens (including phenoxy) is 1. The summed E-state index contributed by atoms with van der Waals surface area (Å²) in [7, 11) is -3.84. The lowest BCUT2D eigenvalue weighted by atomic mass is 9.81. The third kappa shape index (κ3) is 3.60. The molecule has 1 N–H and O–H groups in total. The van der Waals surface area contributed by atoms with E-state index in [1.165, 1.54) is 18.2 Å². The minimum atomic E-state index is -3.84. The van der Waals surface area contributed by atoms with Gasteiger partial charge in [0, 0.05) is 23.4 Å². The fourth-order valence-electron chi connectivity index (χ4n) is 5.30. The molecule has 2 aromatic rings.